The lowest BCUT2D eigenvalue weighted by Gasteiger charge is -2.10. The van der Waals surface area contributed by atoms with Gasteiger partial charge in [-0.15, -0.1) is 0 Å². The summed E-state index contributed by atoms with van der Waals surface area (Å²) < 4.78 is 4.04. The molecule has 244 valence electrons. The number of pyridine rings is 1. The third kappa shape index (κ3) is 5.48. The molecule has 0 bridgehead atoms. The summed E-state index contributed by atoms with van der Waals surface area (Å²) in [5, 5.41) is 24.3. The number of aromatic nitrogens is 2. The molecule has 8 nitrogen and oxygen atoms in total. The van der Waals surface area contributed by atoms with E-state index in [0.717, 1.165) is 17.1 Å². The lowest BCUT2D eigenvalue weighted by molar-refractivity contribution is -0.385. The van der Waals surface area contributed by atoms with Gasteiger partial charge in [-0.1, -0.05) is 97.1 Å². The summed E-state index contributed by atoms with van der Waals surface area (Å²) in [5.74, 6) is -2.10. The molecule has 0 spiro atoms. The van der Waals surface area contributed by atoms with Crippen LogP contribution in [0.4, 0.5) is 5.69 Å². The maximum atomic E-state index is 13.7. The third-order valence-corrected chi connectivity index (χ3v) is 9.14. The second kappa shape index (κ2) is 13.0. The third-order valence-electron chi connectivity index (χ3n) is 9.14. The average molecular weight is 658 g/mol. The van der Waals surface area contributed by atoms with Crippen molar-refractivity contribution >= 4 is 44.6 Å². The number of aryl methyl sites for hydroxylation is 2. The van der Waals surface area contributed by atoms with E-state index < -0.39 is 27.9 Å². The van der Waals surface area contributed by atoms with Gasteiger partial charge in [-0.25, -0.2) is 4.79 Å². The number of ketones is 1. The maximum Gasteiger partial charge on any atom is 0.343 e. The van der Waals surface area contributed by atoms with E-state index in [9.17, 15) is 24.8 Å². The Balaban J connectivity index is 0.000000169. The zero-order valence-electron chi connectivity index (χ0n) is 27.3. The van der Waals surface area contributed by atoms with Crippen LogP contribution < -0.4 is 0 Å². The first-order chi connectivity index (χ1) is 24.3. The van der Waals surface area contributed by atoms with Gasteiger partial charge in [0.25, 0.3) is 5.69 Å². The number of fused-ring (bicyclic) bond motifs is 3. The molecule has 0 atom stereocenters. The van der Waals surface area contributed by atoms with Gasteiger partial charge in [-0.3, -0.25) is 14.9 Å². The first kappa shape index (κ1) is 31.8. The highest BCUT2D eigenvalue weighted by atomic mass is 16.6. The van der Waals surface area contributed by atoms with E-state index in [4.69, 9.17) is 0 Å². The van der Waals surface area contributed by atoms with Crippen molar-refractivity contribution in [2.24, 2.45) is 7.05 Å². The molecule has 3 aromatic heterocycles. The number of carboxylic acid groups (broad SMARTS) is 1. The topological polar surface area (TPSA) is 107 Å². The Kier molecular flexibility index (Phi) is 8.27. The summed E-state index contributed by atoms with van der Waals surface area (Å²) in [6.45, 7) is 2.21. The van der Waals surface area contributed by atoms with Gasteiger partial charge in [0.2, 0.25) is 0 Å². The number of benzene rings is 5. The SMILES string of the molecule is Cc1c(-c2ccn3ccccc23)ccc2ccccc12.Cn1c(-c2ccccc2)c(C(=O)c2cccc([N+](=O)[O-])c2C(=O)O)c2ccccc21. The van der Waals surface area contributed by atoms with Gasteiger partial charge in [0.05, 0.1) is 21.7 Å². The number of hydrogen-bond acceptors (Lipinski definition) is 4. The summed E-state index contributed by atoms with van der Waals surface area (Å²) >= 11 is 0. The quantitative estimate of drug-likeness (QED) is 0.109. The number of carbonyl (C=O) groups is 2. The Labute approximate surface area is 287 Å². The number of rotatable bonds is 6. The van der Waals surface area contributed by atoms with Crippen LogP contribution in [-0.4, -0.2) is 30.8 Å². The first-order valence-electron chi connectivity index (χ1n) is 16.0. The van der Waals surface area contributed by atoms with Crippen LogP contribution in [0.25, 0.3) is 49.6 Å². The predicted molar refractivity (Wildman–Crippen MR) is 197 cm³/mol. The predicted octanol–water partition coefficient (Wildman–Crippen LogP) is 9.75. The monoisotopic (exact) mass is 657 g/mol. The van der Waals surface area contributed by atoms with E-state index in [2.05, 4.69) is 84.4 Å². The van der Waals surface area contributed by atoms with Crippen molar-refractivity contribution in [3.63, 3.8) is 0 Å². The summed E-state index contributed by atoms with van der Waals surface area (Å²) in [6, 6.07) is 41.8. The number of carbonyl (C=O) groups excluding carboxylic acids is 1. The van der Waals surface area contributed by atoms with Crippen LogP contribution in [0.15, 0.2) is 146 Å². The van der Waals surface area contributed by atoms with Crippen molar-refractivity contribution in [3.8, 4) is 22.4 Å². The fourth-order valence-corrected chi connectivity index (χ4v) is 6.80. The van der Waals surface area contributed by atoms with E-state index in [1.54, 1.807) is 12.1 Å². The van der Waals surface area contributed by atoms with Gasteiger partial charge >= 0.3 is 5.97 Å². The molecule has 0 saturated heterocycles. The molecule has 8 heteroatoms. The minimum atomic E-state index is -1.52. The van der Waals surface area contributed by atoms with E-state index in [-0.39, 0.29) is 5.56 Å². The number of aromatic carboxylic acids is 1. The number of carboxylic acids is 1. The first-order valence-corrected chi connectivity index (χ1v) is 16.0. The molecule has 0 fully saturated rings. The van der Waals surface area contributed by atoms with Gasteiger partial charge < -0.3 is 14.1 Å². The molecular weight excluding hydrogens is 626 g/mol. The molecule has 8 rings (SSSR count). The van der Waals surface area contributed by atoms with Gasteiger partial charge in [-0.2, -0.15) is 0 Å². The average Bonchev–Trinajstić information content (AvgIpc) is 3.70. The van der Waals surface area contributed by atoms with E-state index in [1.807, 2.05) is 54.1 Å². The normalized spacial score (nSPS) is 11.0. The Morgan fingerprint density at radius 1 is 0.660 bits per heavy atom. The van der Waals surface area contributed by atoms with Gasteiger partial charge in [-0.05, 0) is 64.7 Å². The number of nitrogens with zero attached hydrogens (tertiary/aromatic N) is 3. The molecule has 0 amide bonds. The van der Waals surface area contributed by atoms with E-state index in [0.29, 0.717) is 16.6 Å². The molecule has 5 aromatic carbocycles. The van der Waals surface area contributed by atoms with Crippen LogP contribution >= 0.6 is 0 Å². The minimum absolute atomic E-state index is 0.217. The molecule has 1 N–H and O–H groups in total. The minimum Gasteiger partial charge on any atom is -0.477 e. The molecule has 0 aliphatic rings. The number of nitro groups is 1. The number of para-hydroxylation sites is 1. The fraction of sp³-hybridized carbons (Fsp3) is 0.0476. The zero-order chi connectivity index (χ0) is 34.9. The molecule has 3 heterocycles. The Hall–Kier alpha value is -6.80. The highest BCUT2D eigenvalue weighted by molar-refractivity contribution is 6.23. The lowest BCUT2D eigenvalue weighted by atomic mass is 9.93. The molecular formula is C42H31N3O5. The standard InChI is InChI=1S/C23H16N2O5.C19H15N/c1-24-17-12-6-5-10-15(17)20(21(24)14-8-3-2-4-9-14)22(26)16-11-7-13-18(25(29)30)19(16)23(27)28;1-14-16-7-3-2-6-15(16)9-10-17(14)18-11-13-20-12-5-4-8-19(18)20/h2-13H,1H3,(H,27,28);2-13H,1H3. The molecule has 8 aromatic rings. The van der Waals surface area contributed by atoms with Crippen LogP contribution in [0.1, 0.15) is 31.8 Å². The molecule has 0 saturated carbocycles. The van der Waals surface area contributed by atoms with E-state index in [1.165, 1.54) is 45.1 Å². The van der Waals surface area contributed by atoms with E-state index >= 15 is 0 Å². The van der Waals surface area contributed by atoms with Crippen LogP contribution in [0.2, 0.25) is 0 Å². The van der Waals surface area contributed by atoms with Crippen LogP contribution in [-0.2, 0) is 7.05 Å². The highest BCUT2D eigenvalue weighted by Crippen LogP contribution is 2.36. The van der Waals surface area contributed by atoms with Gasteiger partial charge in [0.15, 0.2) is 5.78 Å². The van der Waals surface area contributed by atoms with Crippen LogP contribution in [0.3, 0.4) is 0 Å². The molecule has 0 aliphatic heterocycles. The maximum absolute atomic E-state index is 13.7. The smallest absolute Gasteiger partial charge is 0.343 e. The van der Waals surface area contributed by atoms with Crippen molar-refractivity contribution in [1.82, 2.24) is 8.97 Å². The van der Waals surface area contributed by atoms with Crippen molar-refractivity contribution < 1.29 is 19.6 Å². The molecule has 0 aliphatic carbocycles. The zero-order valence-corrected chi connectivity index (χ0v) is 27.3. The Bertz CT molecular complexity index is 2600. The summed E-state index contributed by atoms with van der Waals surface area (Å²) in [6.07, 6.45) is 4.22. The van der Waals surface area contributed by atoms with Crippen molar-refractivity contribution in [3.05, 3.63) is 178 Å². The van der Waals surface area contributed by atoms with Crippen LogP contribution in [0.5, 0.6) is 0 Å². The summed E-state index contributed by atoms with van der Waals surface area (Å²) in [7, 11) is 1.83. The molecule has 0 radical (unpaired) electrons. The number of hydrogen-bond donors (Lipinski definition) is 1. The Morgan fingerprint density at radius 3 is 2.10 bits per heavy atom. The van der Waals surface area contributed by atoms with Crippen molar-refractivity contribution in [2.75, 3.05) is 0 Å². The summed E-state index contributed by atoms with van der Waals surface area (Å²) in [5.41, 5.74) is 6.27. The second-order valence-electron chi connectivity index (χ2n) is 11.9. The van der Waals surface area contributed by atoms with Gasteiger partial charge in [0.1, 0.15) is 5.56 Å². The summed E-state index contributed by atoms with van der Waals surface area (Å²) in [4.78, 5) is 36.1. The number of nitro benzene ring substituents is 1. The van der Waals surface area contributed by atoms with Crippen LogP contribution in [0, 0.1) is 17.0 Å². The van der Waals surface area contributed by atoms with Crippen molar-refractivity contribution in [1.29, 1.82) is 0 Å². The highest BCUT2D eigenvalue weighted by Gasteiger charge is 2.31. The lowest BCUT2D eigenvalue weighted by Crippen LogP contribution is -2.13. The van der Waals surface area contributed by atoms with Crippen molar-refractivity contribution in [2.45, 2.75) is 6.92 Å². The van der Waals surface area contributed by atoms with Gasteiger partial charge in [0, 0.05) is 47.5 Å². The Morgan fingerprint density at radius 2 is 1.34 bits per heavy atom. The molecule has 0 unspecified atom stereocenters. The fourth-order valence-electron chi connectivity index (χ4n) is 6.80. The molecule has 50 heavy (non-hydrogen) atoms. The second-order valence-corrected chi connectivity index (χ2v) is 11.9. The largest absolute Gasteiger partial charge is 0.477 e.